The minimum atomic E-state index is 0.599. The maximum Gasteiger partial charge on any atom is 0.0234 e. The van der Waals surface area contributed by atoms with Gasteiger partial charge < -0.3 is 4.90 Å². The Hall–Kier alpha value is -0.0800. The molecule has 2 rings (SSSR count). The van der Waals surface area contributed by atoms with E-state index in [0.29, 0.717) is 5.54 Å². The topological polar surface area (TPSA) is 6.48 Å². The first-order valence-corrected chi connectivity index (χ1v) is 7.14. The van der Waals surface area contributed by atoms with Gasteiger partial charge >= 0.3 is 0 Å². The third-order valence-corrected chi connectivity index (χ3v) is 4.53. The number of hydrogen-bond acceptors (Lipinski definition) is 2. The summed E-state index contributed by atoms with van der Waals surface area (Å²) in [5.41, 5.74) is 0.599. The molecule has 1 spiro atoms. The van der Waals surface area contributed by atoms with Crippen LogP contribution < -0.4 is 0 Å². The van der Waals surface area contributed by atoms with Crippen LogP contribution in [0, 0.1) is 5.92 Å². The van der Waals surface area contributed by atoms with Crippen LogP contribution in [-0.4, -0.2) is 48.1 Å². The van der Waals surface area contributed by atoms with Crippen LogP contribution >= 0.6 is 0 Å². The second kappa shape index (κ2) is 5.05. The molecule has 0 saturated carbocycles. The molecular formula is C14H28N2. The second-order valence-electron chi connectivity index (χ2n) is 6.10. The highest BCUT2D eigenvalue weighted by Gasteiger charge is 2.41. The molecule has 2 fully saturated rings. The Kier molecular flexibility index (Phi) is 3.91. The Morgan fingerprint density at radius 2 is 1.75 bits per heavy atom. The summed E-state index contributed by atoms with van der Waals surface area (Å²) in [6.45, 7) is 13.5. The van der Waals surface area contributed by atoms with Crippen molar-refractivity contribution in [2.75, 3.05) is 32.7 Å². The van der Waals surface area contributed by atoms with E-state index in [-0.39, 0.29) is 0 Å². The number of piperidine rings is 1. The highest BCUT2D eigenvalue weighted by Crippen LogP contribution is 2.38. The molecule has 0 N–H and O–H groups in total. The predicted octanol–water partition coefficient (Wildman–Crippen LogP) is 2.59. The van der Waals surface area contributed by atoms with Crippen LogP contribution in [0.2, 0.25) is 0 Å². The van der Waals surface area contributed by atoms with Crippen LogP contribution in [0.3, 0.4) is 0 Å². The molecule has 0 bridgehead atoms. The molecule has 2 saturated heterocycles. The van der Waals surface area contributed by atoms with Crippen LogP contribution in [0.1, 0.15) is 46.5 Å². The van der Waals surface area contributed by atoms with Gasteiger partial charge in [-0.15, -0.1) is 0 Å². The molecule has 16 heavy (non-hydrogen) atoms. The third kappa shape index (κ3) is 2.43. The third-order valence-electron chi connectivity index (χ3n) is 4.53. The number of rotatable bonds is 3. The molecule has 2 nitrogen and oxygen atoms in total. The van der Waals surface area contributed by atoms with Gasteiger partial charge in [0.05, 0.1) is 0 Å². The first-order valence-electron chi connectivity index (χ1n) is 7.14. The lowest BCUT2D eigenvalue weighted by atomic mass is 9.84. The zero-order valence-electron chi connectivity index (χ0n) is 11.3. The van der Waals surface area contributed by atoms with E-state index in [1.54, 1.807) is 0 Å². The van der Waals surface area contributed by atoms with E-state index in [2.05, 4.69) is 30.6 Å². The van der Waals surface area contributed by atoms with Crippen LogP contribution in [0.15, 0.2) is 0 Å². The van der Waals surface area contributed by atoms with Crippen molar-refractivity contribution < 1.29 is 0 Å². The van der Waals surface area contributed by atoms with Gasteiger partial charge in [0.15, 0.2) is 0 Å². The van der Waals surface area contributed by atoms with Crippen LogP contribution in [0.5, 0.6) is 0 Å². The molecule has 0 aromatic heterocycles. The van der Waals surface area contributed by atoms with E-state index in [4.69, 9.17) is 0 Å². The Balaban J connectivity index is 1.88. The van der Waals surface area contributed by atoms with E-state index in [9.17, 15) is 0 Å². The SMILES string of the molecule is CCN1CCCC12CCN(CC(C)C)CC2. The summed E-state index contributed by atoms with van der Waals surface area (Å²) >= 11 is 0. The van der Waals surface area contributed by atoms with Gasteiger partial charge in [0.25, 0.3) is 0 Å². The molecule has 0 unspecified atom stereocenters. The molecule has 0 atom stereocenters. The highest BCUT2D eigenvalue weighted by molar-refractivity contribution is 4.98. The molecule has 0 radical (unpaired) electrons. The van der Waals surface area contributed by atoms with Crippen molar-refractivity contribution in [1.29, 1.82) is 0 Å². The number of likely N-dealkylation sites (tertiary alicyclic amines) is 2. The van der Waals surface area contributed by atoms with E-state index >= 15 is 0 Å². The van der Waals surface area contributed by atoms with Gasteiger partial charge in [-0.3, -0.25) is 4.90 Å². The molecule has 2 aliphatic heterocycles. The maximum atomic E-state index is 2.75. The number of nitrogens with zero attached hydrogens (tertiary/aromatic N) is 2. The van der Waals surface area contributed by atoms with E-state index in [1.165, 1.54) is 58.4 Å². The molecule has 2 heterocycles. The van der Waals surface area contributed by atoms with E-state index in [1.807, 2.05) is 0 Å². The Morgan fingerprint density at radius 1 is 1.06 bits per heavy atom. The first-order chi connectivity index (χ1) is 7.66. The lowest BCUT2D eigenvalue weighted by molar-refractivity contribution is 0.0523. The van der Waals surface area contributed by atoms with Crippen molar-refractivity contribution in [3.63, 3.8) is 0 Å². The zero-order valence-corrected chi connectivity index (χ0v) is 11.3. The fourth-order valence-corrected chi connectivity index (χ4v) is 3.72. The summed E-state index contributed by atoms with van der Waals surface area (Å²) in [5, 5.41) is 0. The van der Waals surface area contributed by atoms with Crippen molar-refractivity contribution in [3.05, 3.63) is 0 Å². The fourth-order valence-electron chi connectivity index (χ4n) is 3.72. The molecular weight excluding hydrogens is 196 g/mol. The van der Waals surface area contributed by atoms with E-state index < -0.39 is 0 Å². The van der Waals surface area contributed by atoms with Crippen molar-refractivity contribution in [2.45, 2.75) is 52.0 Å². The van der Waals surface area contributed by atoms with Crippen LogP contribution in [0.25, 0.3) is 0 Å². The molecule has 2 heteroatoms. The standard InChI is InChI=1S/C14H28N2/c1-4-16-9-5-6-14(16)7-10-15(11-8-14)12-13(2)3/h13H,4-12H2,1-3H3. The average Bonchev–Trinajstić information content (AvgIpc) is 2.64. The summed E-state index contributed by atoms with van der Waals surface area (Å²) in [5.74, 6) is 0.819. The molecule has 0 aromatic rings. The predicted molar refractivity (Wildman–Crippen MR) is 69.7 cm³/mol. The van der Waals surface area contributed by atoms with Crippen LogP contribution in [0.4, 0.5) is 0 Å². The van der Waals surface area contributed by atoms with Crippen molar-refractivity contribution in [3.8, 4) is 0 Å². The van der Waals surface area contributed by atoms with Crippen molar-refractivity contribution in [1.82, 2.24) is 9.80 Å². The van der Waals surface area contributed by atoms with E-state index in [0.717, 1.165) is 5.92 Å². The van der Waals surface area contributed by atoms with Gasteiger partial charge in [0.2, 0.25) is 0 Å². The lowest BCUT2D eigenvalue weighted by Crippen LogP contribution is -2.52. The van der Waals surface area contributed by atoms with Gasteiger partial charge in [0.1, 0.15) is 0 Å². The molecule has 0 amide bonds. The van der Waals surface area contributed by atoms with Gasteiger partial charge in [0, 0.05) is 12.1 Å². The zero-order chi connectivity index (χ0) is 11.6. The highest BCUT2D eigenvalue weighted by atomic mass is 15.2. The number of hydrogen-bond donors (Lipinski definition) is 0. The van der Waals surface area contributed by atoms with Gasteiger partial charge in [-0.05, 0) is 57.8 Å². The minimum absolute atomic E-state index is 0.599. The largest absolute Gasteiger partial charge is 0.303 e. The molecule has 2 aliphatic rings. The molecule has 0 aromatic carbocycles. The summed E-state index contributed by atoms with van der Waals surface area (Å²) in [6.07, 6.45) is 5.70. The smallest absolute Gasteiger partial charge is 0.0234 e. The molecule has 0 aliphatic carbocycles. The van der Waals surface area contributed by atoms with Gasteiger partial charge in [-0.25, -0.2) is 0 Å². The Labute approximate surface area is 101 Å². The monoisotopic (exact) mass is 224 g/mol. The Bertz CT molecular complexity index is 217. The van der Waals surface area contributed by atoms with Crippen LogP contribution in [-0.2, 0) is 0 Å². The maximum absolute atomic E-state index is 2.75. The first kappa shape index (κ1) is 12.4. The summed E-state index contributed by atoms with van der Waals surface area (Å²) in [7, 11) is 0. The summed E-state index contributed by atoms with van der Waals surface area (Å²) in [4.78, 5) is 5.42. The molecule has 94 valence electrons. The minimum Gasteiger partial charge on any atom is -0.303 e. The average molecular weight is 224 g/mol. The lowest BCUT2D eigenvalue weighted by Gasteiger charge is -2.45. The normalized spacial score (nSPS) is 27.0. The summed E-state index contributed by atoms with van der Waals surface area (Å²) in [6, 6.07) is 0. The Morgan fingerprint density at radius 3 is 2.31 bits per heavy atom. The quantitative estimate of drug-likeness (QED) is 0.727. The summed E-state index contributed by atoms with van der Waals surface area (Å²) < 4.78 is 0. The van der Waals surface area contributed by atoms with Crippen molar-refractivity contribution >= 4 is 0 Å². The second-order valence-corrected chi connectivity index (χ2v) is 6.10. The fraction of sp³-hybridized carbons (Fsp3) is 1.00. The van der Waals surface area contributed by atoms with Gasteiger partial charge in [-0.2, -0.15) is 0 Å². The van der Waals surface area contributed by atoms with Gasteiger partial charge in [-0.1, -0.05) is 20.8 Å². The van der Waals surface area contributed by atoms with Crippen molar-refractivity contribution in [2.24, 2.45) is 5.92 Å².